The fourth-order valence-corrected chi connectivity index (χ4v) is 5.04. The molecule has 1 N–H and O–H groups in total. The zero-order valence-electron chi connectivity index (χ0n) is 18.3. The van der Waals surface area contributed by atoms with Crippen LogP contribution in [0.2, 0.25) is 0 Å². The average Bonchev–Trinajstić information content (AvgIpc) is 2.81. The summed E-state index contributed by atoms with van der Waals surface area (Å²) in [5.74, 6) is 2.18. The van der Waals surface area contributed by atoms with Crippen LogP contribution >= 0.6 is 0 Å². The fraction of sp³-hybridized carbons (Fsp3) is 0.318. The lowest BCUT2D eigenvalue weighted by Gasteiger charge is -2.35. The first kappa shape index (κ1) is 21.8. The van der Waals surface area contributed by atoms with Gasteiger partial charge >= 0.3 is 0 Å². The van der Waals surface area contributed by atoms with Gasteiger partial charge in [0.1, 0.15) is 11.6 Å². The Morgan fingerprint density at radius 1 is 0.938 bits per heavy atom. The first-order valence-electron chi connectivity index (χ1n) is 10.3. The van der Waals surface area contributed by atoms with Gasteiger partial charge in [0.05, 0.1) is 30.1 Å². The summed E-state index contributed by atoms with van der Waals surface area (Å²) in [4.78, 5) is 17.7. The minimum atomic E-state index is -3.78. The van der Waals surface area contributed by atoms with E-state index in [0.29, 0.717) is 22.9 Å². The molecule has 1 fully saturated rings. The number of nitrogens with one attached hydrogen (secondary N) is 1. The van der Waals surface area contributed by atoms with Crippen molar-refractivity contribution < 1.29 is 13.2 Å². The SMILES string of the molecule is COc1cc(C)c(S(=O)(=O)Nc2cnc(N3CCN(c4ccccn4)CC3)nc2)cc1C. The summed E-state index contributed by atoms with van der Waals surface area (Å²) in [5, 5.41) is 0. The highest BCUT2D eigenvalue weighted by Gasteiger charge is 2.22. The van der Waals surface area contributed by atoms with Crippen molar-refractivity contribution in [3.8, 4) is 5.75 Å². The van der Waals surface area contributed by atoms with Crippen LogP contribution in [0.25, 0.3) is 0 Å². The smallest absolute Gasteiger partial charge is 0.262 e. The minimum Gasteiger partial charge on any atom is -0.496 e. The summed E-state index contributed by atoms with van der Waals surface area (Å²) >= 11 is 0. The molecular formula is C22H26N6O3S. The van der Waals surface area contributed by atoms with Gasteiger partial charge in [-0.1, -0.05) is 6.07 Å². The fourth-order valence-electron chi connectivity index (χ4n) is 3.70. The number of rotatable bonds is 6. The first-order valence-corrected chi connectivity index (χ1v) is 11.8. The van der Waals surface area contributed by atoms with Crippen LogP contribution in [0.3, 0.4) is 0 Å². The highest BCUT2D eigenvalue weighted by atomic mass is 32.2. The molecular weight excluding hydrogens is 428 g/mol. The molecule has 0 amide bonds. The number of methoxy groups -OCH3 is 1. The Morgan fingerprint density at radius 3 is 2.25 bits per heavy atom. The molecule has 0 bridgehead atoms. The molecule has 1 aliphatic rings. The highest BCUT2D eigenvalue weighted by molar-refractivity contribution is 7.92. The summed E-state index contributed by atoms with van der Waals surface area (Å²) in [5.41, 5.74) is 1.66. The van der Waals surface area contributed by atoms with Crippen molar-refractivity contribution in [1.82, 2.24) is 15.0 Å². The largest absolute Gasteiger partial charge is 0.496 e. The zero-order valence-corrected chi connectivity index (χ0v) is 19.1. The molecule has 0 aliphatic carbocycles. The lowest BCUT2D eigenvalue weighted by molar-refractivity contribution is 0.411. The van der Waals surface area contributed by atoms with Gasteiger partial charge in [0.15, 0.2) is 0 Å². The molecule has 1 aliphatic heterocycles. The van der Waals surface area contributed by atoms with Crippen LogP contribution in [0.1, 0.15) is 11.1 Å². The number of piperazine rings is 1. The number of sulfonamides is 1. The Kier molecular flexibility index (Phi) is 6.13. The second kappa shape index (κ2) is 8.99. The molecule has 0 radical (unpaired) electrons. The first-order chi connectivity index (χ1) is 15.4. The van der Waals surface area contributed by atoms with Gasteiger partial charge in [0, 0.05) is 32.4 Å². The minimum absolute atomic E-state index is 0.200. The van der Waals surface area contributed by atoms with E-state index in [9.17, 15) is 8.42 Å². The van der Waals surface area contributed by atoms with Crippen LogP contribution in [-0.2, 0) is 10.0 Å². The van der Waals surface area contributed by atoms with Crippen LogP contribution < -0.4 is 19.3 Å². The molecule has 9 nitrogen and oxygen atoms in total. The molecule has 2 aromatic heterocycles. The van der Waals surface area contributed by atoms with Crippen LogP contribution in [-0.4, -0.2) is 56.7 Å². The monoisotopic (exact) mass is 454 g/mol. The van der Waals surface area contributed by atoms with E-state index in [0.717, 1.165) is 37.6 Å². The lowest BCUT2D eigenvalue weighted by Crippen LogP contribution is -2.47. The third kappa shape index (κ3) is 4.59. The van der Waals surface area contributed by atoms with Crippen molar-refractivity contribution >= 4 is 27.5 Å². The number of nitrogens with zero attached hydrogens (tertiary/aromatic N) is 5. The van der Waals surface area contributed by atoms with E-state index < -0.39 is 10.0 Å². The van der Waals surface area contributed by atoms with E-state index >= 15 is 0 Å². The van der Waals surface area contributed by atoms with Gasteiger partial charge in [-0.2, -0.15) is 0 Å². The zero-order chi connectivity index (χ0) is 22.7. The maximum atomic E-state index is 12.9. The van der Waals surface area contributed by atoms with Crippen molar-refractivity contribution in [2.75, 3.05) is 47.8 Å². The van der Waals surface area contributed by atoms with Crippen molar-refractivity contribution in [3.63, 3.8) is 0 Å². The van der Waals surface area contributed by atoms with E-state index in [1.165, 1.54) is 12.4 Å². The quantitative estimate of drug-likeness (QED) is 0.607. The van der Waals surface area contributed by atoms with Gasteiger partial charge in [-0.05, 0) is 49.2 Å². The third-order valence-corrected chi connectivity index (χ3v) is 6.93. The number of ether oxygens (including phenoxy) is 1. The van der Waals surface area contributed by atoms with E-state index in [4.69, 9.17) is 4.74 Å². The van der Waals surface area contributed by atoms with Gasteiger partial charge in [-0.15, -0.1) is 0 Å². The standard InChI is InChI=1S/C22H26N6O3S/c1-16-13-20(17(2)12-19(16)31-3)32(29,30)26-18-14-24-22(25-15-18)28-10-8-27(9-11-28)21-6-4-5-7-23-21/h4-7,12-15,26H,8-11H2,1-3H3. The number of hydrogen-bond donors (Lipinski definition) is 1. The predicted octanol–water partition coefficient (Wildman–Crippen LogP) is 2.62. The maximum Gasteiger partial charge on any atom is 0.262 e. The number of aromatic nitrogens is 3. The van der Waals surface area contributed by atoms with Crippen molar-refractivity contribution in [2.24, 2.45) is 0 Å². The van der Waals surface area contributed by atoms with Crippen molar-refractivity contribution in [3.05, 3.63) is 60.0 Å². The molecule has 168 valence electrons. The van der Waals surface area contributed by atoms with Crippen LogP contribution in [0, 0.1) is 13.8 Å². The molecule has 0 saturated carbocycles. The molecule has 3 heterocycles. The second-order valence-electron chi connectivity index (χ2n) is 7.63. The molecule has 3 aromatic rings. The van der Waals surface area contributed by atoms with Gasteiger partial charge < -0.3 is 14.5 Å². The van der Waals surface area contributed by atoms with E-state index in [2.05, 4.69) is 29.5 Å². The number of anilines is 3. The summed E-state index contributed by atoms with van der Waals surface area (Å²) in [6, 6.07) is 9.20. The lowest BCUT2D eigenvalue weighted by atomic mass is 10.1. The Labute approximate surface area is 188 Å². The Balaban J connectivity index is 1.43. The Hall–Kier alpha value is -3.40. The number of benzene rings is 1. The van der Waals surface area contributed by atoms with E-state index in [-0.39, 0.29) is 4.90 Å². The average molecular weight is 455 g/mol. The van der Waals surface area contributed by atoms with Gasteiger partial charge in [-0.3, -0.25) is 4.72 Å². The highest BCUT2D eigenvalue weighted by Crippen LogP contribution is 2.27. The summed E-state index contributed by atoms with van der Waals surface area (Å²) in [6.07, 6.45) is 4.78. The number of hydrogen-bond acceptors (Lipinski definition) is 8. The molecule has 10 heteroatoms. The number of pyridine rings is 1. The molecule has 32 heavy (non-hydrogen) atoms. The van der Waals surface area contributed by atoms with E-state index in [1.54, 1.807) is 32.4 Å². The van der Waals surface area contributed by atoms with Gasteiger partial charge in [-0.25, -0.2) is 23.4 Å². The maximum absolute atomic E-state index is 12.9. The second-order valence-corrected chi connectivity index (χ2v) is 9.28. The van der Waals surface area contributed by atoms with Crippen LogP contribution in [0.4, 0.5) is 17.5 Å². The molecule has 1 saturated heterocycles. The summed E-state index contributed by atoms with van der Waals surface area (Å²) in [6.45, 7) is 6.68. The predicted molar refractivity (Wildman–Crippen MR) is 124 cm³/mol. The van der Waals surface area contributed by atoms with Crippen LogP contribution in [0.15, 0.2) is 53.8 Å². The summed E-state index contributed by atoms with van der Waals surface area (Å²) in [7, 11) is -2.22. The van der Waals surface area contributed by atoms with Gasteiger partial charge in [0.2, 0.25) is 5.95 Å². The summed E-state index contributed by atoms with van der Waals surface area (Å²) < 4.78 is 33.6. The van der Waals surface area contributed by atoms with Crippen molar-refractivity contribution in [1.29, 1.82) is 0 Å². The Morgan fingerprint density at radius 2 is 1.62 bits per heavy atom. The van der Waals surface area contributed by atoms with Crippen LogP contribution in [0.5, 0.6) is 5.75 Å². The normalized spacial score (nSPS) is 14.3. The molecule has 0 atom stereocenters. The molecule has 4 rings (SSSR count). The third-order valence-electron chi connectivity index (χ3n) is 5.41. The van der Waals surface area contributed by atoms with Gasteiger partial charge in [0.25, 0.3) is 10.0 Å². The molecule has 0 spiro atoms. The molecule has 0 unspecified atom stereocenters. The van der Waals surface area contributed by atoms with E-state index in [1.807, 2.05) is 25.1 Å². The number of aryl methyl sites for hydroxylation is 2. The topological polar surface area (TPSA) is 101 Å². The van der Waals surface area contributed by atoms with Crippen molar-refractivity contribution in [2.45, 2.75) is 18.7 Å². The Bertz CT molecular complexity index is 1180. The molecule has 1 aromatic carbocycles.